The van der Waals surface area contributed by atoms with Crippen molar-refractivity contribution in [1.82, 2.24) is 4.98 Å². The maximum Gasteiger partial charge on any atom is 0.418 e. The van der Waals surface area contributed by atoms with Gasteiger partial charge in [-0.05, 0) is 22.0 Å². The second kappa shape index (κ2) is 3.89. The molecule has 0 amide bonds. The van der Waals surface area contributed by atoms with Gasteiger partial charge in [0.25, 0.3) is 0 Å². The Kier molecular flexibility index (Phi) is 2.84. The number of rotatable bonds is 0. The molecule has 2 aromatic rings. The maximum atomic E-state index is 12.7. The van der Waals surface area contributed by atoms with Crippen LogP contribution in [0.1, 0.15) is 5.56 Å². The van der Waals surface area contributed by atoms with Gasteiger partial charge in [0.05, 0.1) is 20.6 Å². The highest BCUT2D eigenvalue weighted by molar-refractivity contribution is 9.10. The minimum absolute atomic E-state index is 0.136. The molecule has 0 aliphatic carbocycles. The molecule has 0 bridgehead atoms. The van der Waals surface area contributed by atoms with Crippen LogP contribution in [0.15, 0.2) is 28.9 Å². The van der Waals surface area contributed by atoms with Crippen molar-refractivity contribution in [3.05, 3.63) is 39.5 Å². The summed E-state index contributed by atoms with van der Waals surface area (Å²) in [4.78, 5) is 3.76. The average Bonchev–Trinajstić information content (AvgIpc) is 2.21. The fourth-order valence-corrected chi connectivity index (χ4v) is 1.91. The van der Waals surface area contributed by atoms with Crippen molar-refractivity contribution >= 4 is 38.4 Å². The van der Waals surface area contributed by atoms with Crippen LogP contribution in [0.2, 0.25) is 5.02 Å². The van der Waals surface area contributed by atoms with Gasteiger partial charge in [0.2, 0.25) is 0 Å². The molecule has 1 nitrogen and oxygen atoms in total. The Hall–Kier alpha value is -0.810. The molecule has 1 aromatic heterocycles. The first kappa shape index (κ1) is 11.7. The number of benzene rings is 1. The van der Waals surface area contributed by atoms with Gasteiger partial charge in [0, 0.05) is 11.6 Å². The van der Waals surface area contributed by atoms with Crippen LogP contribution < -0.4 is 0 Å². The predicted octanol–water partition coefficient (Wildman–Crippen LogP) is 4.67. The van der Waals surface area contributed by atoms with E-state index in [2.05, 4.69) is 20.9 Å². The van der Waals surface area contributed by atoms with Gasteiger partial charge in [-0.3, -0.25) is 4.98 Å². The number of nitrogens with zero attached hydrogens (tertiary/aromatic N) is 1. The van der Waals surface area contributed by atoms with Crippen LogP contribution in [0.3, 0.4) is 0 Å². The fraction of sp³-hybridized carbons (Fsp3) is 0.100. The summed E-state index contributed by atoms with van der Waals surface area (Å²) in [5.74, 6) is 0. The summed E-state index contributed by atoms with van der Waals surface area (Å²) in [5.41, 5.74) is -0.914. The van der Waals surface area contributed by atoms with Crippen LogP contribution >= 0.6 is 27.5 Å². The number of hydrogen-bond acceptors (Lipinski definition) is 1. The van der Waals surface area contributed by atoms with Crippen LogP contribution in [0.25, 0.3) is 10.9 Å². The van der Waals surface area contributed by atoms with Crippen molar-refractivity contribution in [3.63, 3.8) is 0 Å². The Balaban J connectivity index is 2.85. The number of alkyl halides is 3. The summed E-state index contributed by atoms with van der Waals surface area (Å²) >= 11 is 9.01. The van der Waals surface area contributed by atoms with E-state index in [9.17, 15) is 13.2 Å². The molecule has 84 valence electrons. The van der Waals surface area contributed by atoms with E-state index in [4.69, 9.17) is 11.6 Å². The molecule has 0 spiro atoms. The fourth-order valence-electron chi connectivity index (χ4n) is 1.40. The van der Waals surface area contributed by atoms with Gasteiger partial charge in [-0.15, -0.1) is 0 Å². The van der Waals surface area contributed by atoms with Gasteiger partial charge < -0.3 is 0 Å². The third-order valence-electron chi connectivity index (χ3n) is 2.09. The minimum atomic E-state index is -4.43. The van der Waals surface area contributed by atoms with Crippen LogP contribution in [-0.4, -0.2) is 4.98 Å². The van der Waals surface area contributed by atoms with E-state index in [1.165, 1.54) is 18.3 Å². The lowest BCUT2D eigenvalue weighted by Gasteiger charge is -2.10. The lowest BCUT2D eigenvalue weighted by molar-refractivity contribution is -0.136. The Bertz CT molecular complexity index is 553. The van der Waals surface area contributed by atoms with E-state index in [0.717, 1.165) is 6.07 Å². The third-order valence-corrected chi connectivity index (χ3v) is 3.33. The minimum Gasteiger partial charge on any atom is -0.254 e. The van der Waals surface area contributed by atoms with Crippen molar-refractivity contribution in [2.45, 2.75) is 6.18 Å². The summed E-state index contributed by atoms with van der Waals surface area (Å²) in [6, 6.07) is 3.80. The van der Waals surface area contributed by atoms with Gasteiger partial charge in [0.1, 0.15) is 0 Å². The van der Waals surface area contributed by atoms with E-state index in [1.807, 2.05) is 0 Å². The SMILES string of the molecule is FC(F)(F)c1cccc2c(Cl)c(Br)cnc12. The summed E-state index contributed by atoms with van der Waals surface area (Å²) in [6.45, 7) is 0. The van der Waals surface area contributed by atoms with Crippen LogP contribution in [0, 0.1) is 0 Å². The molecule has 0 aliphatic heterocycles. The summed E-state index contributed by atoms with van der Waals surface area (Å²) in [5, 5.41) is 0.516. The normalized spacial score (nSPS) is 12.1. The molecule has 0 aliphatic rings. The smallest absolute Gasteiger partial charge is 0.254 e. The number of aromatic nitrogens is 1. The van der Waals surface area contributed by atoms with E-state index in [1.54, 1.807) is 0 Å². The van der Waals surface area contributed by atoms with Gasteiger partial charge in [-0.1, -0.05) is 23.7 Å². The van der Waals surface area contributed by atoms with Crippen LogP contribution in [0.5, 0.6) is 0 Å². The molecule has 0 fully saturated rings. The van der Waals surface area contributed by atoms with Crippen molar-refractivity contribution in [2.24, 2.45) is 0 Å². The molecule has 6 heteroatoms. The summed E-state index contributed by atoms with van der Waals surface area (Å²) in [7, 11) is 0. The zero-order valence-electron chi connectivity index (χ0n) is 7.65. The molecule has 0 atom stereocenters. The topological polar surface area (TPSA) is 12.9 Å². The Morgan fingerprint density at radius 3 is 2.56 bits per heavy atom. The first-order chi connectivity index (χ1) is 7.41. The third kappa shape index (κ3) is 1.89. The standard InChI is InChI=1S/C10H4BrClF3N/c11-7-4-16-9-5(8(7)12)2-1-3-6(9)10(13,14)15/h1-4H. The molecule has 0 saturated carbocycles. The molecule has 2 rings (SSSR count). The van der Waals surface area contributed by atoms with E-state index in [0.29, 0.717) is 4.47 Å². The van der Waals surface area contributed by atoms with E-state index < -0.39 is 11.7 Å². The molecule has 0 unspecified atom stereocenters. The largest absolute Gasteiger partial charge is 0.418 e. The highest BCUT2D eigenvalue weighted by Crippen LogP contribution is 2.37. The quantitative estimate of drug-likeness (QED) is 0.689. The van der Waals surface area contributed by atoms with Crippen molar-refractivity contribution < 1.29 is 13.2 Å². The Morgan fingerprint density at radius 2 is 1.94 bits per heavy atom. The second-order valence-corrected chi connectivity index (χ2v) is 4.35. The van der Waals surface area contributed by atoms with Gasteiger partial charge in [-0.2, -0.15) is 13.2 Å². The number of para-hydroxylation sites is 1. The molecular formula is C10H4BrClF3N. The molecule has 16 heavy (non-hydrogen) atoms. The Labute approximate surface area is 102 Å². The van der Waals surface area contributed by atoms with Gasteiger partial charge in [0.15, 0.2) is 0 Å². The molecule has 0 saturated heterocycles. The van der Waals surface area contributed by atoms with Crippen molar-refractivity contribution in [3.8, 4) is 0 Å². The zero-order valence-corrected chi connectivity index (χ0v) is 9.99. The van der Waals surface area contributed by atoms with Crippen LogP contribution in [0.4, 0.5) is 13.2 Å². The molecular weight excluding hydrogens is 306 g/mol. The molecule has 0 radical (unpaired) electrons. The van der Waals surface area contributed by atoms with Gasteiger partial charge in [-0.25, -0.2) is 0 Å². The molecule has 1 aromatic carbocycles. The number of halogens is 5. The molecule has 1 heterocycles. The maximum absolute atomic E-state index is 12.7. The predicted molar refractivity (Wildman–Crippen MR) is 59.5 cm³/mol. The zero-order chi connectivity index (χ0) is 11.9. The monoisotopic (exact) mass is 309 g/mol. The first-order valence-electron chi connectivity index (χ1n) is 4.21. The van der Waals surface area contributed by atoms with Crippen molar-refractivity contribution in [1.29, 1.82) is 0 Å². The van der Waals surface area contributed by atoms with E-state index >= 15 is 0 Å². The lowest BCUT2D eigenvalue weighted by Crippen LogP contribution is -2.06. The number of fused-ring (bicyclic) bond motifs is 1. The molecule has 0 N–H and O–H groups in total. The van der Waals surface area contributed by atoms with Crippen molar-refractivity contribution in [2.75, 3.05) is 0 Å². The summed E-state index contributed by atoms with van der Waals surface area (Å²) in [6.07, 6.45) is -3.16. The number of hydrogen-bond donors (Lipinski definition) is 0. The summed E-state index contributed by atoms with van der Waals surface area (Å²) < 4.78 is 38.4. The average molecular weight is 310 g/mol. The lowest BCUT2D eigenvalue weighted by atomic mass is 10.1. The highest BCUT2D eigenvalue weighted by Gasteiger charge is 2.33. The van der Waals surface area contributed by atoms with E-state index in [-0.39, 0.29) is 15.9 Å². The number of pyridine rings is 1. The first-order valence-corrected chi connectivity index (χ1v) is 5.38. The van der Waals surface area contributed by atoms with Gasteiger partial charge >= 0.3 is 6.18 Å². The van der Waals surface area contributed by atoms with Crippen LogP contribution in [-0.2, 0) is 6.18 Å². The second-order valence-electron chi connectivity index (χ2n) is 3.12. The Morgan fingerprint density at radius 1 is 1.25 bits per heavy atom. The highest BCUT2D eigenvalue weighted by atomic mass is 79.9.